The van der Waals surface area contributed by atoms with Gasteiger partial charge in [0.25, 0.3) is 0 Å². The molecule has 1 fully saturated rings. The summed E-state index contributed by atoms with van der Waals surface area (Å²) in [5, 5.41) is 5.03. The van der Waals surface area contributed by atoms with Crippen LogP contribution >= 0.6 is 11.3 Å². The molecule has 2 rings (SSSR count). The van der Waals surface area contributed by atoms with E-state index in [2.05, 4.69) is 5.32 Å². The molecule has 2 heterocycles. The van der Waals surface area contributed by atoms with Gasteiger partial charge in [-0.15, -0.1) is 11.3 Å². The summed E-state index contributed by atoms with van der Waals surface area (Å²) >= 11 is 1.55. The van der Waals surface area contributed by atoms with Gasteiger partial charge >= 0.3 is 0 Å². The van der Waals surface area contributed by atoms with Gasteiger partial charge in [0.15, 0.2) is 9.84 Å². The number of sulfone groups is 1. The predicted octanol–water partition coefficient (Wildman–Crippen LogP) is 0.636. The zero-order valence-electron chi connectivity index (χ0n) is 9.39. The van der Waals surface area contributed by atoms with Gasteiger partial charge in [-0.3, -0.25) is 4.79 Å². The van der Waals surface area contributed by atoms with Crippen LogP contribution in [0.1, 0.15) is 11.3 Å². The zero-order valence-corrected chi connectivity index (χ0v) is 11.0. The molecule has 4 nitrogen and oxygen atoms in total. The van der Waals surface area contributed by atoms with Crippen molar-refractivity contribution < 1.29 is 13.2 Å². The van der Waals surface area contributed by atoms with Crippen molar-refractivity contribution in [2.24, 2.45) is 0 Å². The van der Waals surface area contributed by atoms with E-state index in [0.717, 1.165) is 4.88 Å². The van der Waals surface area contributed by atoms with Gasteiger partial charge < -0.3 is 5.32 Å². The van der Waals surface area contributed by atoms with E-state index in [1.807, 2.05) is 17.5 Å². The molecule has 0 bridgehead atoms. The van der Waals surface area contributed by atoms with E-state index in [0.29, 0.717) is 19.4 Å². The van der Waals surface area contributed by atoms with Crippen molar-refractivity contribution in [2.45, 2.75) is 18.9 Å². The van der Waals surface area contributed by atoms with Crippen LogP contribution in [0.3, 0.4) is 0 Å². The van der Waals surface area contributed by atoms with Gasteiger partial charge in [0.2, 0.25) is 0 Å². The summed E-state index contributed by atoms with van der Waals surface area (Å²) in [6, 6.07) is 3.63. The fourth-order valence-corrected chi connectivity index (χ4v) is 4.13. The van der Waals surface area contributed by atoms with Gasteiger partial charge in [0.1, 0.15) is 5.78 Å². The Morgan fingerprint density at radius 2 is 2.35 bits per heavy atom. The van der Waals surface area contributed by atoms with Crippen LogP contribution in [0, 0.1) is 0 Å². The number of carbonyl (C=O) groups excluding carboxylic acids is 1. The number of Topliss-reactive ketones (excluding diaryl/α,β-unsaturated/α-hetero) is 1. The van der Waals surface area contributed by atoms with Crippen molar-refractivity contribution in [1.29, 1.82) is 0 Å². The lowest BCUT2D eigenvalue weighted by molar-refractivity contribution is -0.118. The van der Waals surface area contributed by atoms with Gasteiger partial charge in [-0.05, 0) is 11.4 Å². The molecule has 6 heteroatoms. The first-order chi connectivity index (χ1) is 8.05. The fraction of sp³-hybridized carbons (Fsp3) is 0.545. The van der Waals surface area contributed by atoms with E-state index in [1.165, 1.54) is 0 Å². The molecule has 0 aromatic carbocycles. The maximum Gasteiger partial charge on any atom is 0.153 e. The number of nitrogens with one attached hydrogen (secondary N) is 1. The number of thiophene rings is 1. The lowest BCUT2D eigenvalue weighted by Gasteiger charge is -2.22. The van der Waals surface area contributed by atoms with Crippen molar-refractivity contribution >= 4 is 27.0 Å². The molecule has 1 atom stereocenters. The normalized spacial score (nSPS) is 23.4. The smallest absolute Gasteiger partial charge is 0.153 e. The highest BCUT2D eigenvalue weighted by Crippen LogP contribution is 2.12. The molecule has 0 saturated carbocycles. The summed E-state index contributed by atoms with van der Waals surface area (Å²) in [5.74, 6) is 0.369. The van der Waals surface area contributed by atoms with Crippen LogP contribution in [0.2, 0.25) is 0 Å². The summed E-state index contributed by atoms with van der Waals surface area (Å²) in [7, 11) is -2.95. The Kier molecular flexibility index (Phi) is 3.96. The maximum absolute atomic E-state index is 11.8. The van der Waals surface area contributed by atoms with Crippen LogP contribution in [-0.2, 0) is 21.1 Å². The van der Waals surface area contributed by atoms with Crippen LogP contribution in [0.15, 0.2) is 17.5 Å². The van der Waals surface area contributed by atoms with Crippen LogP contribution in [0.25, 0.3) is 0 Å². The monoisotopic (exact) mass is 273 g/mol. The van der Waals surface area contributed by atoms with Crippen molar-refractivity contribution in [2.75, 3.05) is 18.1 Å². The van der Waals surface area contributed by atoms with E-state index in [-0.39, 0.29) is 23.3 Å². The van der Waals surface area contributed by atoms with Gasteiger partial charge in [0.05, 0.1) is 11.5 Å². The number of ketones is 1. The molecule has 1 unspecified atom stereocenters. The Morgan fingerprint density at radius 3 is 3.00 bits per heavy atom. The zero-order chi connectivity index (χ0) is 12.3. The highest BCUT2D eigenvalue weighted by Gasteiger charge is 2.25. The Balaban J connectivity index is 1.86. The summed E-state index contributed by atoms with van der Waals surface area (Å²) < 4.78 is 22.8. The minimum Gasteiger partial charge on any atom is -0.312 e. The van der Waals surface area contributed by atoms with E-state index in [1.54, 1.807) is 11.3 Å². The molecule has 1 saturated heterocycles. The third-order valence-electron chi connectivity index (χ3n) is 2.73. The molecule has 1 aliphatic heterocycles. The third kappa shape index (κ3) is 3.90. The van der Waals surface area contributed by atoms with Crippen molar-refractivity contribution in [1.82, 2.24) is 5.32 Å². The van der Waals surface area contributed by atoms with E-state index < -0.39 is 9.84 Å². The van der Waals surface area contributed by atoms with Crippen LogP contribution in [0.4, 0.5) is 0 Å². The molecule has 1 aromatic rings. The summed E-state index contributed by atoms with van der Waals surface area (Å²) in [5.41, 5.74) is 0. The average Bonchev–Trinajstić information content (AvgIpc) is 2.68. The SMILES string of the molecule is O=C(Cc1cccs1)CC1CS(=O)(=O)CCN1. The summed E-state index contributed by atoms with van der Waals surface area (Å²) in [6.07, 6.45) is 0.715. The molecule has 94 valence electrons. The van der Waals surface area contributed by atoms with Crippen LogP contribution in [-0.4, -0.2) is 38.3 Å². The Bertz CT molecular complexity index is 479. The number of carbonyl (C=O) groups is 1. The second-order valence-corrected chi connectivity index (χ2v) is 7.53. The third-order valence-corrected chi connectivity index (χ3v) is 5.34. The van der Waals surface area contributed by atoms with Crippen molar-refractivity contribution in [3.63, 3.8) is 0 Å². The Morgan fingerprint density at radius 1 is 1.53 bits per heavy atom. The van der Waals surface area contributed by atoms with Gasteiger partial charge in [-0.25, -0.2) is 8.42 Å². The lowest BCUT2D eigenvalue weighted by Crippen LogP contribution is -2.46. The van der Waals surface area contributed by atoms with Gasteiger partial charge in [-0.2, -0.15) is 0 Å². The number of rotatable bonds is 4. The summed E-state index contributed by atoms with van der Waals surface area (Å²) in [6.45, 7) is 0.458. The topological polar surface area (TPSA) is 63.2 Å². The molecule has 1 aromatic heterocycles. The number of hydrogen-bond donors (Lipinski definition) is 1. The second kappa shape index (κ2) is 5.29. The molecule has 17 heavy (non-hydrogen) atoms. The largest absolute Gasteiger partial charge is 0.312 e. The summed E-state index contributed by atoms with van der Waals surface area (Å²) in [4.78, 5) is 12.8. The lowest BCUT2D eigenvalue weighted by atomic mass is 10.1. The van der Waals surface area contributed by atoms with Crippen molar-refractivity contribution in [3.8, 4) is 0 Å². The highest BCUT2D eigenvalue weighted by atomic mass is 32.2. The standard InChI is InChI=1S/C11H15NO3S2/c13-10(7-11-2-1-4-16-11)6-9-8-17(14,15)5-3-12-9/h1-2,4,9,12H,3,5-8H2. The molecule has 0 radical (unpaired) electrons. The highest BCUT2D eigenvalue weighted by molar-refractivity contribution is 7.91. The van der Waals surface area contributed by atoms with Crippen LogP contribution in [0.5, 0.6) is 0 Å². The average molecular weight is 273 g/mol. The molecular weight excluding hydrogens is 258 g/mol. The van der Waals surface area contributed by atoms with Crippen molar-refractivity contribution in [3.05, 3.63) is 22.4 Å². The predicted molar refractivity (Wildman–Crippen MR) is 68.1 cm³/mol. The molecule has 1 N–H and O–H groups in total. The molecule has 0 spiro atoms. The van der Waals surface area contributed by atoms with Gasteiger partial charge in [0, 0.05) is 30.3 Å². The second-order valence-electron chi connectivity index (χ2n) is 4.26. The Hall–Kier alpha value is -0.720. The quantitative estimate of drug-likeness (QED) is 0.874. The maximum atomic E-state index is 11.8. The molecule has 0 amide bonds. The molecular formula is C11H15NO3S2. The molecule has 1 aliphatic rings. The molecule has 0 aliphatic carbocycles. The first kappa shape index (κ1) is 12.7. The Labute approximate surface area is 105 Å². The first-order valence-electron chi connectivity index (χ1n) is 5.53. The van der Waals surface area contributed by atoms with Crippen LogP contribution < -0.4 is 5.32 Å². The van der Waals surface area contributed by atoms with E-state index in [9.17, 15) is 13.2 Å². The fourth-order valence-electron chi connectivity index (χ4n) is 1.95. The number of hydrogen-bond acceptors (Lipinski definition) is 5. The minimum atomic E-state index is -2.95. The van der Waals surface area contributed by atoms with E-state index in [4.69, 9.17) is 0 Å². The van der Waals surface area contributed by atoms with E-state index >= 15 is 0 Å². The van der Waals surface area contributed by atoms with Gasteiger partial charge in [-0.1, -0.05) is 6.07 Å². The first-order valence-corrected chi connectivity index (χ1v) is 8.23. The minimum absolute atomic E-state index is 0.0865.